The lowest BCUT2D eigenvalue weighted by molar-refractivity contribution is -0.120. The molecule has 240 valence electrons. The molecule has 0 aromatic heterocycles. The predicted molar refractivity (Wildman–Crippen MR) is 160 cm³/mol. The molecule has 0 spiro atoms. The summed E-state index contributed by atoms with van der Waals surface area (Å²) in [6.07, 6.45) is 1.93. The Balaban J connectivity index is 2.55. The molecule has 1 aliphatic heterocycles. The Morgan fingerprint density at radius 1 is 1.12 bits per heavy atom. The summed E-state index contributed by atoms with van der Waals surface area (Å²) in [5.74, 6) is -2.04. The molecule has 0 fully saturated rings. The van der Waals surface area contributed by atoms with E-state index in [1.54, 1.807) is 26.0 Å². The molecule has 12 nitrogen and oxygen atoms in total. The number of carbonyl (C=O) groups excluding carboxylic acids is 4. The Bertz CT molecular complexity index is 1160. The molecular weight excluding hydrogens is 558 g/mol. The summed E-state index contributed by atoms with van der Waals surface area (Å²) in [6.45, 7) is 7.72. The smallest absolute Gasteiger partial charge is 0.405 e. The largest absolute Gasteiger partial charge is 0.439 e. The number of hydrogen-bond donors (Lipinski definition) is 4. The number of Topliss-reactive ketones (excluding diaryl/α,β-unsaturated/α-hetero) is 1. The van der Waals surface area contributed by atoms with Crippen LogP contribution in [0, 0.1) is 11.8 Å². The second kappa shape index (κ2) is 17.1. The van der Waals surface area contributed by atoms with Crippen molar-refractivity contribution in [1.82, 2.24) is 10.6 Å². The number of allylic oxidation sites excluding steroid dienone is 3. The van der Waals surface area contributed by atoms with Gasteiger partial charge in [0.15, 0.2) is 6.10 Å². The number of nitrogens with two attached hydrogens (primary N) is 1. The number of rotatable bonds is 7. The molecule has 0 radical (unpaired) electrons. The molecule has 2 aliphatic rings. The number of hydrogen-bond acceptors (Lipinski definition) is 10. The quantitative estimate of drug-likeness (QED) is 0.191. The Kier molecular flexibility index (Phi) is 14.3. The van der Waals surface area contributed by atoms with Crippen LogP contribution < -0.4 is 16.4 Å². The molecule has 2 bridgehead atoms. The number of nitrogens with one attached hydrogen (secondary N) is 2. The zero-order valence-corrected chi connectivity index (χ0v) is 26.2. The average Bonchev–Trinajstić information content (AvgIpc) is 2.95. The fraction of sp³-hybridized carbons (Fsp3) is 0.613. The molecule has 0 saturated carbocycles. The first-order chi connectivity index (χ1) is 20.3. The molecule has 1 unspecified atom stereocenters. The lowest BCUT2D eigenvalue weighted by Crippen LogP contribution is -2.38. The SMILES string of the molecule is COCCNC1=C2C[C@@H](C)C[C@H](OC)[C@H](O)[C@@H](C)/C=C(\C)C(OC(N)=O)[C@@H](OC)CC/C=C(\C)C(=O)NC(=CC1=O)C2=O. The molecular formula is C31H47N3O9. The summed E-state index contributed by atoms with van der Waals surface area (Å²) in [4.78, 5) is 51.6. The van der Waals surface area contributed by atoms with Crippen molar-refractivity contribution < 1.29 is 43.2 Å². The lowest BCUT2D eigenvalue weighted by atomic mass is 9.85. The topological polar surface area (TPSA) is 176 Å². The molecule has 1 heterocycles. The normalized spacial score (nSPS) is 30.9. The summed E-state index contributed by atoms with van der Waals surface area (Å²) in [6, 6.07) is 0. The predicted octanol–water partition coefficient (Wildman–Crippen LogP) is 2.22. The van der Waals surface area contributed by atoms with Crippen molar-refractivity contribution in [3.63, 3.8) is 0 Å². The number of methoxy groups -OCH3 is 3. The minimum absolute atomic E-state index is 0.110. The van der Waals surface area contributed by atoms with Crippen LogP contribution in [0.1, 0.15) is 53.4 Å². The number of fused-ring (bicyclic) bond motifs is 2. The van der Waals surface area contributed by atoms with Crippen LogP contribution in [-0.2, 0) is 33.3 Å². The number of aliphatic hydroxyl groups excluding tert-OH is 1. The highest BCUT2D eigenvalue weighted by Gasteiger charge is 2.33. The van der Waals surface area contributed by atoms with E-state index in [1.165, 1.54) is 21.3 Å². The maximum Gasteiger partial charge on any atom is 0.405 e. The van der Waals surface area contributed by atoms with Crippen LogP contribution in [0.25, 0.3) is 0 Å². The Labute approximate surface area is 253 Å². The van der Waals surface area contributed by atoms with Crippen LogP contribution in [0.2, 0.25) is 0 Å². The van der Waals surface area contributed by atoms with Gasteiger partial charge in [0.25, 0.3) is 5.91 Å². The van der Waals surface area contributed by atoms with Crippen LogP contribution in [-0.4, -0.2) is 87.6 Å². The van der Waals surface area contributed by atoms with E-state index in [-0.39, 0.29) is 29.3 Å². The lowest BCUT2D eigenvalue weighted by Gasteiger charge is -2.30. The maximum absolute atomic E-state index is 13.6. The molecule has 2 amide bonds. The Hall–Kier alpha value is -3.32. The van der Waals surface area contributed by atoms with Gasteiger partial charge in [0.2, 0.25) is 11.6 Å². The van der Waals surface area contributed by atoms with Gasteiger partial charge >= 0.3 is 6.09 Å². The van der Waals surface area contributed by atoms with Crippen molar-refractivity contribution in [3.05, 3.63) is 46.3 Å². The molecule has 0 saturated heterocycles. The third-order valence-corrected chi connectivity index (χ3v) is 7.73. The molecule has 0 aromatic carbocycles. The first-order valence-corrected chi connectivity index (χ1v) is 14.5. The molecule has 43 heavy (non-hydrogen) atoms. The average molecular weight is 606 g/mol. The van der Waals surface area contributed by atoms with Crippen molar-refractivity contribution in [2.24, 2.45) is 17.6 Å². The van der Waals surface area contributed by atoms with E-state index in [1.807, 2.05) is 13.8 Å². The van der Waals surface area contributed by atoms with Crippen LogP contribution in [0.5, 0.6) is 0 Å². The van der Waals surface area contributed by atoms with Gasteiger partial charge in [-0.05, 0) is 51.0 Å². The highest BCUT2D eigenvalue weighted by atomic mass is 16.6. The van der Waals surface area contributed by atoms with Crippen LogP contribution in [0.15, 0.2) is 46.3 Å². The van der Waals surface area contributed by atoms with E-state index < -0.39 is 53.9 Å². The first-order valence-electron chi connectivity index (χ1n) is 14.5. The number of aliphatic hydroxyl groups is 1. The Morgan fingerprint density at radius 2 is 1.79 bits per heavy atom. The summed E-state index contributed by atoms with van der Waals surface area (Å²) in [7, 11) is 4.51. The van der Waals surface area contributed by atoms with Gasteiger partial charge in [-0.1, -0.05) is 26.0 Å². The molecule has 6 atom stereocenters. The molecule has 12 heteroatoms. The maximum atomic E-state index is 13.6. The standard InChI is InChI=1S/C31H47N3O9/c1-17-13-21-26(33-11-12-40-5)23(35)16-22(28(21)37)34-30(38)18(2)9-8-10-24(41-6)29(43-31(32)39)20(4)15-19(3)27(36)25(14-17)42-7/h9,15-17,19,24-25,27,29,33,36H,8,10-14H2,1-7H3,(H2,32,39)(H,34,38)/b18-9+,20-15+/t17-,19+,24+,25+,27-,29?/m1/s1. The van der Waals surface area contributed by atoms with Crippen LogP contribution >= 0.6 is 0 Å². The van der Waals surface area contributed by atoms with Gasteiger partial charge in [0, 0.05) is 51.0 Å². The van der Waals surface area contributed by atoms with Gasteiger partial charge in [0.05, 0.1) is 36.3 Å². The Morgan fingerprint density at radius 3 is 2.40 bits per heavy atom. The van der Waals surface area contributed by atoms with Crippen LogP contribution in [0.3, 0.4) is 0 Å². The number of carbonyl (C=O) groups is 4. The van der Waals surface area contributed by atoms with E-state index >= 15 is 0 Å². The molecule has 0 aromatic rings. The van der Waals surface area contributed by atoms with Crippen molar-refractivity contribution in [2.45, 2.75) is 77.8 Å². The number of primary amides is 1. The molecule has 5 N–H and O–H groups in total. The van der Waals surface area contributed by atoms with E-state index in [2.05, 4.69) is 10.6 Å². The minimum atomic E-state index is -0.968. The summed E-state index contributed by atoms with van der Waals surface area (Å²) < 4.78 is 21.8. The third-order valence-electron chi connectivity index (χ3n) is 7.73. The van der Waals surface area contributed by atoms with Crippen molar-refractivity contribution in [3.8, 4) is 0 Å². The van der Waals surface area contributed by atoms with Crippen molar-refractivity contribution in [2.75, 3.05) is 34.5 Å². The highest BCUT2D eigenvalue weighted by Crippen LogP contribution is 2.29. The van der Waals surface area contributed by atoms with Crippen molar-refractivity contribution in [1.29, 1.82) is 0 Å². The minimum Gasteiger partial charge on any atom is -0.439 e. The molecule has 2 rings (SSSR count). The van der Waals surface area contributed by atoms with E-state index in [0.29, 0.717) is 43.6 Å². The summed E-state index contributed by atoms with van der Waals surface area (Å²) in [5, 5.41) is 16.9. The fourth-order valence-corrected chi connectivity index (χ4v) is 5.36. The van der Waals surface area contributed by atoms with Gasteiger partial charge in [-0.2, -0.15) is 0 Å². The van der Waals surface area contributed by atoms with Crippen molar-refractivity contribution >= 4 is 23.6 Å². The van der Waals surface area contributed by atoms with Gasteiger partial charge in [-0.3, -0.25) is 14.4 Å². The monoisotopic (exact) mass is 605 g/mol. The van der Waals surface area contributed by atoms with E-state index in [0.717, 1.165) is 6.08 Å². The van der Waals surface area contributed by atoms with Crippen LogP contribution in [0.4, 0.5) is 4.79 Å². The summed E-state index contributed by atoms with van der Waals surface area (Å²) in [5.41, 5.74) is 6.63. The number of ketones is 2. The van der Waals surface area contributed by atoms with Gasteiger partial charge in [0.1, 0.15) is 0 Å². The molecule has 1 aliphatic carbocycles. The zero-order valence-electron chi connectivity index (χ0n) is 26.2. The highest BCUT2D eigenvalue weighted by molar-refractivity contribution is 6.23. The van der Waals surface area contributed by atoms with Gasteiger partial charge in [-0.25, -0.2) is 4.79 Å². The second-order valence-electron chi connectivity index (χ2n) is 11.2. The van der Waals surface area contributed by atoms with Gasteiger partial charge in [-0.15, -0.1) is 0 Å². The fourth-order valence-electron chi connectivity index (χ4n) is 5.36. The first kappa shape index (κ1) is 35.9. The summed E-state index contributed by atoms with van der Waals surface area (Å²) >= 11 is 0. The van der Waals surface area contributed by atoms with E-state index in [4.69, 9.17) is 24.7 Å². The number of amides is 2. The zero-order chi connectivity index (χ0) is 32.3. The third kappa shape index (κ3) is 10.1. The number of ether oxygens (including phenoxy) is 4. The second-order valence-corrected chi connectivity index (χ2v) is 11.2. The van der Waals surface area contributed by atoms with Gasteiger partial charge < -0.3 is 40.4 Å². The van der Waals surface area contributed by atoms with E-state index in [9.17, 15) is 24.3 Å².